The first-order valence-electron chi connectivity index (χ1n) is 7.16. The van der Waals surface area contributed by atoms with Gasteiger partial charge in [0.25, 0.3) is 0 Å². The summed E-state index contributed by atoms with van der Waals surface area (Å²) < 4.78 is 0. The quantitative estimate of drug-likeness (QED) is 0.919. The van der Waals surface area contributed by atoms with Crippen molar-refractivity contribution in [3.05, 3.63) is 29.8 Å². The van der Waals surface area contributed by atoms with Crippen molar-refractivity contribution in [2.24, 2.45) is 5.92 Å². The van der Waals surface area contributed by atoms with E-state index in [1.807, 2.05) is 52.0 Å². The molecule has 20 heavy (non-hydrogen) atoms. The van der Waals surface area contributed by atoms with Crippen LogP contribution in [0.1, 0.15) is 32.8 Å². The van der Waals surface area contributed by atoms with E-state index in [9.17, 15) is 9.59 Å². The topological polar surface area (TPSA) is 49.4 Å². The van der Waals surface area contributed by atoms with Gasteiger partial charge in [-0.05, 0) is 30.9 Å². The molecule has 0 saturated carbocycles. The summed E-state index contributed by atoms with van der Waals surface area (Å²) in [5.74, 6) is -0.00818. The molecular formula is C16H22N2O2. The zero-order chi connectivity index (χ0) is 14.9. The molecule has 1 heterocycles. The Labute approximate surface area is 120 Å². The van der Waals surface area contributed by atoms with Crippen LogP contribution in [0.25, 0.3) is 0 Å². The number of hydrogen-bond donors (Lipinski definition) is 1. The Hall–Kier alpha value is -1.84. The molecule has 0 radical (unpaired) electrons. The first-order chi connectivity index (χ1) is 9.47. The number of carbonyl (C=O) groups is 2. The summed E-state index contributed by atoms with van der Waals surface area (Å²) in [7, 11) is 0. The van der Waals surface area contributed by atoms with Crippen LogP contribution in [0.4, 0.5) is 5.69 Å². The molecule has 2 atom stereocenters. The molecule has 1 aromatic carbocycles. The Morgan fingerprint density at radius 1 is 1.25 bits per heavy atom. The monoisotopic (exact) mass is 274 g/mol. The molecule has 0 spiro atoms. The molecule has 4 nitrogen and oxygen atoms in total. The van der Waals surface area contributed by atoms with Gasteiger partial charge in [0.2, 0.25) is 11.8 Å². The summed E-state index contributed by atoms with van der Waals surface area (Å²) >= 11 is 0. The molecule has 0 aromatic heterocycles. The summed E-state index contributed by atoms with van der Waals surface area (Å²) in [4.78, 5) is 26.7. The predicted molar refractivity (Wildman–Crippen MR) is 79.5 cm³/mol. The number of amides is 2. The molecule has 1 aliphatic heterocycles. The lowest BCUT2D eigenvalue weighted by Gasteiger charge is -2.41. The van der Waals surface area contributed by atoms with Crippen LogP contribution >= 0.6 is 0 Å². The van der Waals surface area contributed by atoms with E-state index in [4.69, 9.17) is 0 Å². The number of carbonyl (C=O) groups excluding carboxylic acids is 2. The van der Waals surface area contributed by atoms with Gasteiger partial charge < -0.3 is 5.32 Å². The summed E-state index contributed by atoms with van der Waals surface area (Å²) in [6.45, 7) is 7.81. The van der Waals surface area contributed by atoms with Crippen molar-refractivity contribution in [1.82, 2.24) is 5.32 Å². The summed E-state index contributed by atoms with van der Waals surface area (Å²) in [6, 6.07) is 6.86. The Bertz CT molecular complexity index is 525. The molecule has 2 unspecified atom stereocenters. The second-order valence-corrected chi connectivity index (χ2v) is 5.65. The lowest BCUT2D eigenvalue weighted by molar-refractivity contribution is -0.134. The van der Waals surface area contributed by atoms with E-state index < -0.39 is 12.1 Å². The third kappa shape index (κ3) is 2.42. The smallest absolute Gasteiger partial charge is 0.250 e. The highest BCUT2D eigenvalue weighted by molar-refractivity contribution is 6.08. The fraction of sp³-hybridized carbons (Fsp3) is 0.500. The van der Waals surface area contributed by atoms with Gasteiger partial charge >= 0.3 is 0 Å². The number of rotatable bonds is 3. The molecule has 4 heteroatoms. The molecular weight excluding hydrogens is 252 g/mol. The molecule has 2 rings (SSSR count). The predicted octanol–water partition coefficient (Wildman–Crippen LogP) is 2.26. The fourth-order valence-corrected chi connectivity index (χ4v) is 2.72. The van der Waals surface area contributed by atoms with Gasteiger partial charge in [0, 0.05) is 5.69 Å². The molecule has 0 aliphatic carbocycles. The van der Waals surface area contributed by atoms with E-state index in [2.05, 4.69) is 5.32 Å². The molecule has 108 valence electrons. The highest BCUT2D eigenvalue weighted by Crippen LogP contribution is 2.28. The standard InChI is InChI=1S/C16H22N2O2/c1-5-12-16(20)18(13-9-7-6-8-11(13)4)14(10(2)3)15(19)17-12/h6-10,12,14H,5H2,1-4H3,(H,17,19). The molecule has 0 bridgehead atoms. The van der Waals surface area contributed by atoms with Gasteiger partial charge in [0.1, 0.15) is 12.1 Å². The van der Waals surface area contributed by atoms with Crippen molar-refractivity contribution in [3.8, 4) is 0 Å². The third-order valence-electron chi connectivity index (χ3n) is 3.81. The minimum absolute atomic E-state index is 0.0138. The van der Waals surface area contributed by atoms with Crippen LogP contribution in [-0.2, 0) is 9.59 Å². The van der Waals surface area contributed by atoms with E-state index in [-0.39, 0.29) is 17.7 Å². The van der Waals surface area contributed by atoms with Gasteiger partial charge in [-0.3, -0.25) is 14.5 Å². The van der Waals surface area contributed by atoms with Crippen LogP contribution in [0, 0.1) is 12.8 Å². The number of hydrogen-bond acceptors (Lipinski definition) is 2. The number of piperazine rings is 1. The van der Waals surface area contributed by atoms with Crippen molar-refractivity contribution < 1.29 is 9.59 Å². The number of aryl methyl sites for hydroxylation is 1. The maximum atomic E-state index is 12.7. The van der Waals surface area contributed by atoms with Crippen molar-refractivity contribution in [3.63, 3.8) is 0 Å². The number of benzene rings is 1. The van der Waals surface area contributed by atoms with Gasteiger partial charge in [-0.2, -0.15) is 0 Å². The first kappa shape index (κ1) is 14.6. The Morgan fingerprint density at radius 2 is 1.90 bits per heavy atom. The van der Waals surface area contributed by atoms with E-state index in [0.29, 0.717) is 6.42 Å². The van der Waals surface area contributed by atoms with Crippen LogP contribution in [0.5, 0.6) is 0 Å². The third-order valence-corrected chi connectivity index (χ3v) is 3.81. The fourth-order valence-electron chi connectivity index (χ4n) is 2.72. The Kier molecular flexibility index (Phi) is 4.12. The van der Waals surface area contributed by atoms with Crippen molar-refractivity contribution >= 4 is 17.5 Å². The maximum absolute atomic E-state index is 12.7. The molecule has 1 fully saturated rings. The van der Waals surface area contributed by atoms with E-state index in [1.165, 1.54) is 0 Å². The molecule has 1 aliphatic rings. The van der Waals surface area contributed by atoms with E-state index in [1.54, 1.807) is 4.90 Å². The van der Waals surface area contributed by atoms with Crippen LogP contribution in [0.2, 0.25) is 0 Å². The second kappa shape index (κ2) is 5.65. The maximum Gasteiger partial charge on any atom is 0.250 e. The molecule has 1 aromatic rings. The van der Waals surface area contributed by atoms with Crippen LogP contribution in [0.3, 0.4) is 0 Å². The second-order valence-electron chi connectivity index (χ2n) is 5.65. The summed E-state index contributed by atoms with van der Waals surface area (Å²) in [5, 5.41) is 2.84. The number of nitrogens with one attached hydrogen (secondary N) is 1. The Morgan fingerprint density at radius 3 is 2.45 bits per heavy atom. The molecule has 2 amide bonds. The minimum atomic E-state index is -0.439. The zero-order valence-corrected chi connectivity index (χ0v) is 12.5. The van der Waals surface area contributed by atoms with Gasteiger partial charge in [0.05, 0.1) is 0 Å². The largest absolute Gasteiger partial charge is 0.342 e. The number of para-hydroxylation sites is 1. The Balaban J connectivity index is 2.50. The normalized spacial score (nSPS) is 23.1. The lowest BCUT2D eigenvalue weighted by atomic mass is 9.94. The van der Waals surface area contributed by atoms with Crippen molar-refractivity contribution in [1.29, 1.82) is 0 Å². The van der Waals surface area contributed by atoms with Gasteiger partial charge in [-0.25, -0.2) is 0 Å². The van der Waals surface area contributed by atoms with Crippen LogP contribution < -0.4 is 10.2 Å². The zero-order valence-electron chi connectivity index (χ0n) is 12.5. The highest BCUT2D eigenvalue weighted by Gasteiger charge is 2.42. The average Bonchev–Trinajstić information content (AvgIpc) is 2.41. The number of nitrogens with zero attached hydrogens (tertiary/aromatic N) is 1. The van der Waals surface area contributed by atoms with Crippen molar-refractivity contribution in [2.45, 2.75) is 46.2 Å². The van der Waals surface area contributed by atoms with Gasteiger partial charge in [0.15, 0.2) is 0 Å². The van der Waals surface area contributed by atoms with E-state index >= 15 is 0 Å². The first-order valence-corrected chi connectivity index (χ1v) is 7.16. The average molecular weight is 274 g/mol. The number of anilines is 1. The minimum Gasteiger partial charge on any atom is -0.342 e. The van der Waals surface area contributed by atoms with Crippen molar-refractivity contribution in [2.75, 3.05) is 4.90 Å². The van der Waals surface area contributed by atoms with Crippen LogP contribution in [0.15, 0.2) is 24.3 Å². The summed E-state index contributed by atoms with van der Waals surface area (Å²) in [5.41, 5.74) is 1.85. The van der Waals surface area contributed by atoms with Gasteiger partial charge in [-0.1, -0.05) is 39.0 Å². The SMILES string of the molecule is CCC1NC(=O)C(C(C)C)N(c2ccccc2C)C1=O. The van der Waals surface area contributed by atoms with Gasteiger partial charge in [-0.15, -0.1) is 0 Å². The van der Waals surface area contributed by atoms with Crippen LogP contribution in [-0.4, -0.2) is 23.9 Å². The van der Waals surface area contributed by atoms with E-state index in [0.717, 1.165) is 11.3 Å². The highest BCUT2D eigenvalue weighted by atomic mass is 16.2. The lowest BCUT2D eigenvalue weighted by Crippen LogP contribution is -2.65. The summed E-state index contributed by atoms with van der Waals surface area (Å²) in [6.07, 6.45) is 0.609. The molecule has 1 saturated heterocycles. The molecule has 1 N–H and O–H groups in total.